The molecule has 0 saturated carbocycles. The molecular weight excluding hydrogens is 256 g/mol. The second-order valence-corrected chi connectivity index (χ2v) is 5.62. The zero-order valence-corrected chi connectivity index (χ0v) is 12.3. The van der Waals surface area contributed by atoms with E-state index in [1.165, 1.54) is 16.9 Å². The molecule has 1 aromatic carbocycles. The summed E-state index contributed by atoms with van der Waals surface area (Å²) in [4.78, 5) is 18.4. The van der Waals surface area contributed by atoms with Gasteiger partial charge in [-0.15, -0.1) is 11.3 Å². The fourth-order valence-electron chi connectivity index (χ4n) is 1.98. The summed E-state index contributed by atoms with van der Waals surface area (Å²) >= 11 is 1.51. The number of aromatic nitrogens is 1. The highest BCUT2D eigenvalue weighted by Gasteiger charge is 2.17. The third-order valence-electron chi connectivity index (χ3n) is 2.96. The predicted octanol–water partition coefficient (Wildman–Crippen LogP) is 3.42. The Hall–Kier alpha value is -1.68. The minimum Gasteiger partial charge on any atom is -0.333 e. The molecule has 0 aliphatic heterocycles. The van der Waals surface area contributed by atoms with Gasteiger partial charge >= 0.3 is 0 Å². The van der Waals surface area contributed by atoms with Crippen molar-refractivity contribution in [1.82, 2.24) is 9.88 Å². The van der Waals surface area contributed by atoms with E-state index in [0.29, 0.717) is 18.8 Å². The lowest BCUT2D eigenvalue weighted by Crippen LogP contribution is -2.30. The molecule has 0 bridgehead atoms. The first-order chi connectivity index (χ1) is 9.10. The van der Waals surface area contributed by atoms with Crippen molar-refractivity contribution in [1.29, 1.82) is 0 Å². The minimum absolute atomic E-state index is 0.00774. The van der Waals surface area contributed by atoms with Crippen LogP contribution in [-0.2, 0) is 6.54 Å². The molecule has 0 saturated heterocycles. The first kappa shape index (κ1) is 13.7. The summed E-state index contributed by atoms with van der Waals surface area (Å²) in [5.41, 5.74) is 2.92. The van der Waals surface area contributed by atoms with Gasteiger partial charge in [-0.05, 0) is 26.3 Å². The molecule has 0 aliphatic rings. The van der Waals surface area contributed by atoms with E-state index in [9.17, 15) is 4.79 Å². The Morgan fingerprint density at radius 3 is 2.74 bits per heavy atom. The van der Waals surface area contributed by atoms with Crippen molar-refractivity contribution >= 4 is 17.2 Å². The van der Waals surface area contributed by atoms with Crippen molar-refractivity contribution in [3.05, 3.63) is 51.5 Å². The number of carbonyl (C=O) groups excluding carboxylic acids is 1. The Bertz CT molecular complexity index is 577. The van der Waals surface area contributed by atoms with Crippen molar-refractivity contribution in [2.45, 2.75) is 27.3 Å². The Morgan fingerprint density at radius 1 is 1.37 bits per heavy atom. The van der Waals surface area contributed by atoms with Gasteiger partial charge in [0.05, 0.1) is 5.01 Å². The topological polar surface area (TPSA) is 33.2 Å². The standard InChI is InChI=1S/C15H18N2OS/c1-4-17(9-13-7-5-6-11(2)8-13)15(18)14-10-19-12(3)16-14/h5-8,10H,4,9H2,1-3H3. The van der Waals surface area contributed by atoms with Crippen LogP contribution < -0.4 is 0 Å². The number of hydrogen-bond acceptors (Lipinski definition) is 3. The van der Waals surface area contributed by atoms with Crippen LogP contribution in [0.2, 0.25) is 0 Å². The van der Waals surface area contributed by atoms with E-state index in [-0.39, 0.29) is 5.91 Å². The largest absolute Gasteiger partial charge is 0.333 e. The minimum atomic E-state index is 0.00774. The number of hydrogen-bond donors (Lipinski definition) is 0. The molecule has 100 valence electrons. The molecule has 1 aromatic heterocycles. The monoisotopic (exact) mass is 274 g/mol. The predicted molar refractivity (Wildman–Crippen MR) is 78.4 cm³/mol. The molecule has 0 unspecified atom stereocenters. The second kappa shape index (κ2) is 5.97. The summed E-state index contributed by atoms with van der Waals surface area (Å²) in [6.07, 6.45) is 0. The van der Waals surface area contributed by atoms with Gasteiger partial charge in [-0.25, -0.2) is 4.98 Å². The maximum Gasteiger partial charge on any atom is 0.273 e. The first-order valence-electron chi connectivity index (χ1n) is 6.37. The SMILES string of the molecule is CCN(Cc1cccc(C)c1)C(=O)c1csc(C)n1. The number of nitrogens with zero attached hydrogens (tertiary/aromatic N) is 2. The van der Waals surface area contributed by atoms with E-state index < -0.39 is 0 Å². The van der Waals surface area contributed by atoms with Gasteiger partial charge in [0.15, 0.2) is 0 Å². The molecule has 0 radical (unpaired) electrons. The molecular formula is C15H18N2OS. The first-order valence-corrected chi connectivity index (χ1v) is 7.25. The molecule has 1 amide bonds. The molecule has 4 heteroatoms. The fourth-order valence-corrected chi connectivity index (χ4v) is 2.57. The second-order valence-electron chi connectivity index (χ2n) is 4.56. The quantitative estimate of drug-likeness (QED) is 0.856. The van der Waals surface area contributed by atoms with Crippen LogP contribution in [0.3, 0.4) is 0 Å². The molecule has 0 aliphatic carbocycles. The molecule has 0 fully saturated rings. The Morgan fingerprint density at radius 2 is 2.16 bits per heavy atom. The number of rotatable bonds is 4. The fraction of sp³-hybridized carbons (Fsp3) is 0.333. The van der Waals surface area contributed by atoms with Crippen molar-refractivity contribution in [3.8, 4) is 0 Å². The van der Waals surface area contributed by atoms with Crippen LogP contribution in [0.5, 0.6) is 0 Å². The number of amides is 1. The molecule has 0 N–H and O–H groups in total. The van der Waals surface area contributed by atoms with E-state index in [4.69, 9.17) is 0 Å². The summed E-state index contributed by atoms with van der Waals surface area (Å²) in [5, 5.41) is 2.76. The molecule has 3 nitrogen and oxygen atoms in total. The third kappa shape index (κ3) is 3.41. The van der Waals surface area contributed by atoms with E-state index in [1.54, 1.807) is 0 Å². The zero-order chi connectivity index (χ0) is 13.8. The molecule has 2 rings (SSSR count). The lowest BCUT2D eigenvalue weighted by Gasteiger charge is -2.20. The van der Waals surface area contributed by atoms with Gasteiger partial charge in [0, 0.05) is 18.5 Å². The van der Waals surface area contributed by atoms with Gasteiger partial charge in [-0.3, -0.25) is 4.79 Å². The van der Waals surface area contributed by atoms with Gasteiger partial charge in [-0.2, -0.15) is 0 Å². The maximum absolute atomic E-state index is 12.3. The molecule has 19 heavy (non-hydrogen) atoms. The van der Waals surface area contributed by atoms with E-state index in [0.717, 1.165) is 10.6 Å². The van der Waals surface area contributed by atoms with Crippen LogP contribution in [0.4, 0.5) is 0 Å². The summed E-state index contributed by atoms with van der Waals surface area (Å²) in [7, 11) is 0. The Kier molecular flexibility index (Phi) is 4.32. The van der Waals surface area contributed by atoms with E-state index >= 15 is 0 Å². The number of thiazole rings is 1. The normalized spacial score (nSPS) is 10.5. The highest BCUT2D eigenvalue weighted by molar-refractivity contribution is 7.09. The lowest BCUT2D eigenvalue weighted by atomic mass is 10.1. The summed E-state index contributed by atoms with van der Waals surface area (Å²) in [6.45, 7) is 7.29. The lowest BCUT2D eigenvalue weighted by molar-refractivity contribution is 0.0747. The Balaban J connectivity index is 2.14. The van der Waals surface area contributed by atoms with Crippen LogP contribution in [0, 0.1) is 13.8 Å². The van der Waals surface area contributed by atoms with Crippen LogP contribution in [0.25, 0.3) is 0 Å². The van der Waals surface area contributed by atoms with Gasteiger partial charge in [0.25, 0.3) is 5.91 Å². The van der Waals surface area contributed by atoms with Crippen LogP contribution >= 0.6 is 11.3 Å². The van der Waals surface area contributed by atoms with Gasteiger partial charge in [-0.1, -0.05) is 29.8 Å². The summed E-state index contributed by atoms with van der Waals surface area (Å²) in [5.74, 6) is 0.00774. The molecule has 0 atom stereocenters. The number of carbonyl (C=O) groups is 1. The number of aryl methyl sites for hydroxylation is 2. The van der Waals surface area contributed by atoms with Crippen LogP contribution in [-0.4, -0.2) is 22.3 Å². The Labute approximate surface area is 117 Å². The smallest absolute Gasteiger partial charge is 0.273 e. The van der Waals surface area contributed by atoms with Crippen LogP contribution in [0.15, 0.2) is 29.6 Å². The van der Waals surface area contributed by atoms with Gasteiger partial charge in [0.1, 0.15) is 5.69 Å². The van der Waals surface area contributed by atoms with Crippen molar-refractivity contribution in [2.75, 3.05) is 6.54 Å². The van der Waals surface area contributed by atoms with Crippen molar-refractivity contribution in [2.24, 2.45) is 0 Å². The van der Waals surface area contributed by atoms with E-state index in [1.807, 2.05) is 30.2 Å². The van der Waals surface area contributed by atoms with Gasteiger partial charge < -0.3 is 4.90 Å². The highest BCUT2D eigenvalue weighted by Crippen LogP contribution is 2.13. The van der Waals surface area contributed by atoms with Crippen LogP contribution in [0.1, 0.15) is 33.5 Å². The van der Waals surface area contributed by atoms with Crippen molar-refractivity contribution in [3.63, 3.8) is 0 Å². The molecule has 2 aromatic rings. The summed E-state index contributed by atoms with van der Waals surface area (Å²) < 4.78 is 0. The molecule has 1 heterocycles. The van der Waals surface area contributed by atoms with Crippen molar-refractivity contribution < 1.29 is 4.79 Å². The zero-order valence-electron chi connectivity index (χ0n) is 11.5. The maximum atomic E-state index is 12.3. The summed E-state index contributed by atoms with van der Waals surface area (Å²) in [6, 6.07) is 8.25. The van der Waals surface area contributed by atoms with E-state index in [2.05, 4.69) is 30.1 Å². The number of benzene rings is 1. The highest BCUT2D eigenvalue weighted by atomic mass is 32.1. The third-order valence-corrected chi connectivity index (χ3v) is 3.74. The van der Waals surface area contributed by atoms with Gasteiger partial charge in [0.2, 0.25) is 0 Å². The average molecular weight is 274 g/mol. The average Bonchev–Trinajstić information content (AvgIpc) is 2.82. The molecule has 0 spiro atoms.